The van der Waals surface area contributed by atoms with Crippen LogP contribution in [0.1, 0.15) is 38.7 Å². The second-order valence-electron chi connectivity index (χ2n) is 3.72. The van der Waals surface area contributed by atoms with Gasteiger partial charge in [-0.25, -0.2) is 15.8 Å². The van der Waals surface area contributed by atoms with Crippen LogP contribution in [0.2, 0.25) is 0 Å². The maximum atomic E-state index is 5.44. The van der Waals surface area contributed by atoms with Gasteiger partial charge in [-0.15, -0.1) is 0 Å². The molecule has 0 fully saturated rings. The topological polar surface area (TPSA) is 75.9 Å². The van der Waals surface area contributed by atoms with E-state index in [1.807, 2.05) is 0 Å². The molecule has 0 atom stereocenters. The molecule has 0 aliphatic heterocycles. The van der Waals surface area contributed by atoms with Gasteiger partial charge in [0.1, 0.15) is 18.0 Å². The van der Waals surface area contributed by atoms with E-state index >= 15 is 0 Å². The van der Waals surface area contributed by atoms with Crippen molar-refractivity contribution < 1.29 is 0 Å². The van der Waals surface area contributed by atoms with E-state index in [4.69, 9.17) is 5.84 Å². The summed E-state index contributed by atoms with van der Waals surface area (Å²) in [7, 11) is 0. The predicted molar refractivity (Wildman–Crippen MR) is 67.2 cm³/mol. The van der Waals surface area contributed by atoms with Gasteiger partial charge < -0.3 is 10.7 Å². The molecule has 0 saturated heterocycles. The largest absolute Gasteiger partial charge is 0.370 e. The van der Waals surface area contributed by atoms with Crippen molar-refractivity contribution in [1.82, 2.24) is 9.97 Å². The third-order valence-corrected chi connectivity index (χ3v) is 2.40. The van der Waals surface area contributed by atoms with E-state index in [0.717, 1.165) is 43.0 Å². The minimum Gasteiger partial charge on any atom is -0.370 e. The summed E-state index contributed by atoms with van der Waals surface area (Å²) < 4.78 is 0. The van der Waals surface area contributed by atoms with E-state index in [1.54, 1.807) is 0 Å². The molecule has 90 valence electrons. The third kappa shape index (κ3) is 3.34. The summed E-state index contributed by atoms with van der Waals surface area (Å²) in [6.45, 7) is 5.23. The molecule has 0 aliphatic rings. The van der Waals surface area contributed by atoms with E-state index in [1.165, 1.54) is 12.7 Å². The number of nitrogens with two attached hydrogens (primary N) is 1. The molecule has 0 aliphatic carbocycles. The predicted octanol–water partition coefficient (Wildman–Crippen LogP) is 1.93. The molecule has 0 radical (unpaired) electrons. The molecular weight excluding hydrogens is 202 g/mol. The Morgan fingerprint density at radius 2 is 1.94 bits per heavy atom. The van der Waals surface area contributed by atoms with Gasteiger partial charge in [0.2, 0.25) is 0 Å². The fourth-order valence-corrected chi connectivity index (χ4v) is 1.56. The van der Waals surface area contributed by atoms with Crippen LogP contribution in [0, 0.1) is 0 Å². The zero-order chi connectivity index (χ0) is 11.8. The van der Waals surface area contributed by atoms with E-state index < -0.39 is 0 Å². The molecule has 0 aromatic carbocycles. The summed E-state index contributed by atoms with van der Waals surface area (Å²) >= 11 is 0. The number of nitrogen functional groups attached to an aromatic ring is 1. The Kier molecular flexibility index (Phi) is 5.56. The average Bonchev–Trinajstić information content (AvgIpc) is 2.31. The van der Waals surface area contributed by atoms with E-state index in [0.29, 0.717) is 0 Å². The number of nitrogens with one attached hydrogen (secondary N) is 2. The van der Waals surface area contributed by atoms with Gasteiger partial charge in [0, 0.05) is 12.1 Å². The number of hydrazine groups is 1. The maximum absolute atomic E-state index is 5.44. The van der Waals surface area contributed by atoms with Gasteiger partial charge in [0.15, 0.2) is 0 Å². The first kappa shape index (κ1) is 12.7. The lowest BCUT2D eigenvalue weighted by atomic mass is 10.1. The van der Waals surface area contributed by atoms with Crippen molar-refractivity contribution in [2.75, 3.05) is 17.3 Å². The quantitative estimate of drug-likeness (QED) is 0.374. The first-order chi connectivity index (χ1) is 7.83. The standard InChI is InChI=1S/C11H21N5/c1-3-5-7-13-10-9(6-4-2)11(16-12)15-8-14-10/h8H,3-7,12H2,1-2H3,(H2,13,14,15,16). The van der Waals surface area contributed by atoms with Gasteiger partial charge in [-0.1, -0.05) is 26.7 Å². The van der Waals surface area contributed by atoms with Gasteiger partial charge in [-0.2, -0.15) is 0 Å². The molecule has 0 unspecified atom stereocenters. The van der Waals surface area contributed by atoms with Gasteiger partial charge in [-0.05, 0) is 12.8 Å². The van der Waals surface area contributed by atoms with Crippen molar-refractivity contribution in [3.63, 3.8) is 0 Å². The number of hydrogen-bond donors (Lipinski definition) is 3. The summed E-state index contributed by atoms with van der Waals surface area (Å²) in [4.78, 5) is 8.38. The molecule has 0 bridgehead atoms. The molecular formula is C11H21N5. The summed E-state index contributed by atoms with van der Waals surface area (Å²) in [5, 5.41) is 3.33. The number of aromatic nitrogens is 2. The zero-order valence-corrected chi connectivity index (χ0v) is 10.1. The molecule has 1 aromatic heterocycles. The molecule has 0 amide bonds. The number of nitrogens with zero attached hydrogens (tertiary/aromatic N) is 2. The van der Waals surface area contributed by atoms with Crippen molar-refractivity contribution in [3.05, 3.63) is 11.9 Å². The van der Waals surface area contributed by atoms with E-state index in [2.05, 4.69) is 34.6 Å². The summed E-state index contributed by atoms with van der Waals surface area (Å²) in [5.41, 5.74) is 3.69. The van der Waals surface area contributed by atoms with Crippen molar-refractivity contribution in [3.8, 4) is 0 Å². The van der Waals surface area contributed by atoms with Gasteiger partial charge >= 0.3 is 0 Å². The Labute approximate surface area is 96.8 Å². The average molecular weight is 223 g/mol. The van der Waals surface area contributed by atoms with Crippen molar-refractivity contribution in [2.24, 2.45) is 5.84 Å². The Morgan fingerprint density at radius 3 is 2.56 bits per heavy atom. The molecule has 1 aromatic rings. The van der Waals surface area contributed by atoms with Crippen LogP contribution < -0.4 is 16.6 Å². The Morgan fingerprint density at radius 1 is 1.19 bits per heavy atom. The lowest BCUT2D eigenvalue weighted by Crippen LogP contribution is -2.14. The fraction of sp³-hybridized carbons (Fsp3) is 0.636. The normalized spacial score (nSPS) is 10.2. The van der Waals surface area contributed by atoms with Crippen LogP contribution in [-0.2, 0) is 6.42 Å². The highest BCUT2D eigenvalue weighted by Gasteiger charge is 2.08. The Balaban J connectivity index is 2.79. The van der Waals surface area contributed by atoms with Gasteiger partial charge in [-0.3, -0.25) is 0 Å². The fourth-order valence-electron chi connectivity index (χ4n) is 1.56. The summed E-state index contributed by atoms with van der Waals surface area (Å²) in [6.07, 6.45) is 5.81. The molecule has 5 nitrogen and oxygen atoms in total. The Bertz CT molecular complexity index is 313. The van der Waals surface area contributed by atoms with Crippen LogP contribution in [0.4, 0.5) is 11.6 Å². The lowest BCUT2D eigenvalue weighted by Gasteiger charge is -2.12. The van der Waals surface area contributed by atoms with Crippen LogP contribution in [0.5, 0.6) is 0 Å². The maximum Gasteiger partial charge on any atom is 0.148 e. The van der Waals surface area contributed by atoms with Crippen LogP contribution in [0.15, 0.2) is 6.33 Å². The minimum absolute atomic E-state index is 0.718. The van der Waals surface area contributed by atoms with Crippen LogP contribution in [0.25, 0.3) is 0 Å². The molecule has 16 heavy (non-hydrogen) atoms. The molecule has 1 heterocycles. The zero-order valence-electron chi connectivity index (χ0n) is 10.1. The highest BCUT2D eigenvalue weighted by Crippen LogP contribution is 2.20. The monoisotopic (exact) mass is 223 g/mol. The first-order valence-electron chi connectivity index (χ1n) is 5.87. The van der Waals surface area contributed by atoms with Crippen molar-refractivity contribution in [1.29, 1.82) is 0 Å². The molecule has 0 spiro atoms. The summed E-state index contributed by atoms with van der Waals surface area (Å²) in [6, 6.07) is 0. The SMILES string of the molecule is CCCCNc1ncnc(NN)c1CCC. The second kappa shape index (κ2) is 7.00. The smallest absolute Gasteiger partial charge is 0.148 e. The van der Waals surface area contributed by atoms with E-state index in [-0.39, 0.29) is 0 Å². The van der Waals surface area contributed by atoms with E-state index in [9.17, 15) is 0 Å². The first-order valence-corrected chi connectivity index (χ1v) is 5.87. The number of anilines is 2. The lowest BCUT2D eigenvalue weighted by molar-refractivity contribution is 0.823. The van der Waals surface area contributed by atoms with Crippen LogP contribution >= 0.6 is 0 Å². The molecule has 5 heteroatoms. The van der Waals surface area contributed by atoms with Crippen LogP contribution in [0.3, 0.4) is 0 Å². The highest BCUT2D eigenvalue weighted by molar-refractivity contribution is 5.56. The second-order valence-corrected chi connectivity index (χ2v) is 3.72. The van der Waals surface area contributed by atoms with Gasteiger partial charge in [0.05, 0.1) is 0 Å². The Hall–Kier alpha value is -1.36. The van der Waals surface area contributed by atoms with Gasteiger partial charge in [0.25, 0.3) is 0 Å². The van der Waals surface area contributed by atoms with Crippen LogP contribution in [-0.4, -0.2) is 16.5 Å². The number of rotatable bonds is 7. The molecule has 4 N–H and O–H groups in total. The number of hydrogen-bond acceptors (Lipinski definition) is 5. The summed E-state index contributed by atoms with van der Waals surface area (Å²) in [5.74, 6) is 7.06. The van der Waals surface area contributed by atoms with Crippen molar-refractivity contribution >= 4 is 11.6 Å². The molecule has 0 saturated carbocycles. The number of unbranched alkanes of at least 4 members (excludes halogenated alkanes) is 1. The third-order valence-electron chi connectivity index (χ3n) is 2.40. The minimum atomic E-state index is 0.718. The van der Waals surface area contributed by atoms with Crippen molar-refractivity contribution in [2.45, 2.75) is 39.5 Å². The molecule has 1 rings (SSSR count). The highest BCUT2D eigenvalue weighted by atomic mass is 15.3.